The van der Waals surface area contributed by atoms with Crippen molar-refractivity contribution < 1.29 is 17.9 Å². The molecule has 1 aliphatic rings. The first-order valence-electron chi connectivity index (χ1n) is 9.88. The highest BCUT2D eigenvalue weighted by Gasteiger charge is 2.30. The first-order valence-corrected chi connectivity index (χ1v) is 11.3. The van der Waals surface area contributed by atoms with Crippen molar-refractivity contribution in [3.63, 3.8) is 0 Å². The van der Waals surface area contributed by atoms with Crippen LogP contribution in [0, 0.1) is 13.8 Å². The molecule has 0 radical (unpaired) electrons. The molecule has 0 aliphatic carbocycles. The largest absolute Gasteiger partial charge is 0.484 e. The quantitative estimate of drug-likeness (QED) is 0.726. The number of benzene rings is 2. The Morgan fingerprint density at radius 3 is 2.24 bits per heavy atom. The summed E-state index contributed by atoms with van der Waals surface area (Å²) in [4.78, 5) is 14.4. The predicted octanol–water partition coefficient (Wildman–Crippen LogP) is 2.78. The molecule has 0 bridgehead atoms. The molecule has 0 atom stereocenters. The summed E-state index contributed by atoms with van der Waals surface area (Å²) in [6.07, 6.45) is 0.866. The molecule has 1 amide bonds. The number of carbonyl (C=O) groups is 1. The van der Waals surface area contributed by atoms with Crippen molar-refractivity contribution in [2.24, 2.45) is 0 Å². The molecule has 0 aromatic heterocycles. The molecule has 3 rings (SSSR count). The lowest BCUT2D eigenvalue weighted by molar-refractivity contribution is -0.134. The van der Waals surface area contributed by atoms with Crippen molar-refractivity contribution in [1.82, 2.24) is 9.21 Å². The zero-order valence-corrected chi connectivity index (χ0v) is 18.0. The second kappa shape index (κ2) is 8.97. The number of nitrogens with zero attached hydrogens (tertiary/aromatic N) is 2. The summed E-state index contributed by atoms with van der Waals surface area (Å²) < 4.78 is 32.8. The second-order valence-corrected chi connectivity index (χ2v) is 9.28. The lowest BCUT2D eigenvalue weighted by Gasteiger charge is -2.34. The van der Waals surface area contributed by atoms with Crippen molar-refractivity contribution in [1.29, 1.82) is 0 Å². The summed E-state index contributed by atoms with van der Waals surface area (Å²) in [7, 11) is -3.54. The number of piperazine rings is 1. The molecule has 0 unspecified atom stereocenters. The highest BCUT2D eigenvalue weighted by atomic mass is 32.2. The normalized spacial score (nSPS) is 15.3. The molecule has 0 N–H and O–H groups in total. The number of hydrogen-bond acceptors (Lipinski definition) is 4. The molecule has 7 heteroatoms. The van der Waals surface area contributed by atoms with Crippen molar-refractivity contribution in [2.75, 3.05) is 32.8 Å². The van der Waals surface area contributed by atoms with E-state index in [1.165, 1.54) is 4.31 Å². The molecule has 0 saturated carbocycles. The average Bonchev–Trinajstić information content (AvgIpc) is 2.73. The van der Waals surface area contributed by atoms with E-state index in [4.69, 9.17) is 4.74 Å². The molecular formula is C22H28N2O4S. The molecule has 6 nitrogen and oxygen atoms in total. The van der Waals surface area contributed by atoms with Gasteiger partial charge in [-0.3, -0.25) is 4.79 Å². The summed E-state index contributed by atoms with van der Waals surface area (Å²) in [6.45, 7) is 7.23. The number of hydrogen-bond donors (Lipinski definition) is 0. The number of carbonyl (C=O) groups excluding carboxylic acids is 1. The maximum absolute atomic E-state index is 12.8. The lowest BCUT2D eigenvalue weighted by Crippen LogP contribution is -2.51. The minimum absolute atomic E-state index is 0.0465. The van der Waals surface area contributed by atoms with Gasteiger partial charge in [0.1, 0.15) is 5.75 Å². The average molecular weight is 417 g/mol. The van der Waals surface area contributed by atoms with Crippen LogP contribution in [0.1, 0.15) is 23.6 Å². The van der Waals surface area contributed by atoms with Crippen LogP contribution in [-0.4, -0.2) is 56.3 Å². The monoisotopic (exact) mass is 416 g/mol. The van der Waals surface area contributed by atoms with Crippen LogP contribution in [0.4, 0.5) is 0 Å². The fourth-order valence-corrected chi connectivity index (χ4v) is 4.84. The lowest BCUT2D eigenvalue weighted by atomic mass is 10.1. The fraction of sp³-hybridized carbons (Fsp3) is 0.409. The summed E-state index contributed by atoms with van der Waals surface area (Å²) in [5.41, 5.74) is 3.23. The van der Waals surface area contributed by atoms with Crippen LogP contribution in [0.5, 0.6) is 5.75 Å². The molecule has 0 spiro atoms. The summed E-state index contributed by atoms with van der Waals surface area (Å²) in [5.74, 6) is 0.565. The van der Waals surface area contributed by atoms with Crippen molar-refractivity contribution in [3.05, 3.63) is 59.2 Å². The minimum atomic E-state index is -3.54. The van der Waals surface area contributed by atoms with Crippen LogP contribution < -0.4 is 4.74 Å². The van der Waals surface area contributed by atoms with Crippen LogP contribution in [0.25, 0.3) is 0 Å². The predicted molar refractivity (Wildman–Crippen MR) is 113 cm³/mol. The molecule has 2 aromatic carbocycles. The van der Waals surface area contributed by atoms with Gasteiger partial charge in [-0.1, -0.05) is 36.8 Å². The Kier molecular flexibility index (Phi) is 6.59. The standard InChI is InChI=1S/C22H28N2O4S/c1-4-19-6-8-20(9-7-19)29(26,27)24-13-11-23(12-14-24)22(25)16-28-21-10-5-17(2)15-18(21)3/h5-10,15H,4,11-14,16H2,1-3H3. The Bertz CT molecular complexity index is 963. The Balaban J connectivity index is 1.55. The SMILES string of the molecule is CCc1ccc(S(=O)(=O)N2CCN(C(=O)COc3ccc(C)cc3C)CC2)cc1. The smallest absolute Gasteiger partial charge is 0.260 e. The Labute approximate surface area is 173 Å². The molecule has 29 heavy (non-hydrogen) atoms. The van der Waals surface area contributed by atoms with Crippen LogP contribution >= 0.6 is 0 Å². The fourth-order valence-electron chi connectivity index (χ4n) is 3.42. The van der Waals surface area contributed by atoms with Gasteiger partial charge in [-0.15, -0.1) is 0 Å². The van der Waals surface area contributed by atoms with E-state index in [0.29, 0.717) is 23.7 Å². The summed E-state index contributed by atoms with van der Waals surface area (Å²) in [6, 6.07) is 12.8. The molecule has 1 fully saturated rings. The Morgan fingerprint density at radius 1 is 1.00 bits per heavy atom. The van der Waals surface area contributed by atoms with Gasteiger partial charge in [-0.05, 0) is 49.6 Å². The number of sulfonamides is 1. The third kappa shape index (κ3) is 4.97. The van der Waals surface area contributed by atoms with Crippen LogP contribution in [0.2, 0.25) is 0 Å². The number of rotatable bonds is 6. The molecule has 1 aliphatic heterocycles. The first kappa shape index (κ1) is 21.3. The van der Waals surface area contributed by atoms with E-state index in [9.17, 15) is 13.2 Å². The van der Waals surface area contributed by atoms with Gasteiger partial charge in [0.15, 0.2) is 6.61 Å². The molecule has 156 valence electrons. The van der Waals surface area contributed by atoms with Crippen molar-refractivity contribution in [2.45, 2.75) is 32.1 Å². The van der Waals surface area contributed by atoms with E-state index < -0.39 is 10.0 Å². The second-order valence-electron chi connectivity index (χ2n) is 7.34. The number of aryl methyl sites for hydroxylation is 3. The van der Waals surface area contributed by atoms with E-state index in [-0.39, 0.29) is 25.6 Å². The van der Waals surface area contributed by atoms with Crippen molar-refractivity contribution >= 4 is 15.9 Å². The van der Waals surface area contributed by atoms with E-state index >= 15 is 0 Å². The van der Waals surface area contributed by atoms with E-state index in [2.05, 4.69) is 0 Å². The third-order valence-electron chi connectivity index (χ3n) is 5.24. The Morgan fingerprint density at radius 2 is 1.66 bits per heavy atom. The zero-order valence-electron chi connectivity index (χ0n) is 17.2. The number of amides is 1. The third-order valence-corrected chi connectivity index (χ3v) is 7.16. The topological polar surface area (TPSA) is 66.9 Å². The van der Waals surface area contributed by atoms with Gasteiger partial charge in [0.25, 0.3) is 5.91 Å². The first-order chi connectivity index (χ1) is 13.8. The van der Waals surface area contributed by atoms with E-state index in [1.807, 2.05) is 51.1 Å². The van der Waals surface area contributed by atoms with Crippen LogP contribution in [0.3, 0.4) is 0 Å². The van der Waals surface area contributed by atoms with Crippen LogP contribution in [-0.2, 0) is 21.2 Å². The maximum atomic E-state index is 12.8. The van der Waals surface area contributed by atoms with E-state index in [0.717, 1.165) is 23.1 Å². The number of ether oxygens (including phenoxy) is 1. The summed E-state index contributed by atoms with van der Waals surface area (Å²) >= 11 is 0. The van der Waals surface area contributed by atoms with Gasteiger partial charge < -0.3 is 9.64 Å². The molecule has 1 heterocycles. The molecular weight excluding hydrogens is 388 g/mol. The minimum Gasteiger partial charge on any atom is -0.484 e. The van der Waals surface area contributed by atoms with Crippen molar-refractivity contribution in [3.8, 4) is 5.75 Å². The zero-order chi connectivity index (χ0) is 21.0. The van der Waals surface area contributed by atoms with Gasteiger partial charge in [-0.25, -0.2) is 8.42 Å². The van der Waals surface area contributed by atoms with Gasteiger partial charge >= 0.3 is 0 Å². The van der Waals surface area contributed by atoms with E-state index in [1.54, 1.807) is 17.0 Å². The van der Waals surface area contributed by atoms with Gasteiger partial charge in [0.2, 0.25) is 10.0 Å². The molecule has 2 aromatic rings. The summed E-state index contributed by atoms with van der Waals surface area (Å²) in [5, 5.41) is 0. The van der Waals surface area contributed by atoms with Gasteiger partial charge in [-0.2, -0.15) is 4.31 Å². The van der Waals surface area contributed by atoms with Gasteiger partial charge in [0.05, 0.1) is 4.90 Å². The van der Waals surface area contributed by atoms with Gasteiger partial charge in [0, 0.05) is 26.2 Å². The molecule has 1 saturated heterocycles. The Hall–Kier alpha value is -2.38. The maximum Gasteiger partial charge on any atom is 0.260 e. The highest BCUT2D eigenvalue weighted by molar-refractivity contribution is 7.89. The highest BCUT2D eigenvalue weighted by Crippen LogP contribution is 2.20. The van der Waals surface area contributed by atoms with Crippen LogP contribution in [0.15, 0.2) is 47.4 Å².